The Morgan fingerprint density at radius 1 is 1.21 bits per heavy atom. The minimum Gasteiger partial charge on any atom is -0.545 e. The lowest BCUT2D eigenvalue weighted by molar-refractivity contribution is -0.254. The van der Waals surface area contributed by atoms with E-state index in [0.717, 1.165) is 0 Å². The number of para-hydroxylation sites is 1. The van der Waals surface area contributed by atoms with Gasteiger partial charge in [0, 0.05) is 17.5 Å². The van der Waals surface area contributed by atoms with Crippen molar-refractivity contribution in [3.8, 4) is 0 Å². The van der Waals surface area contributed by atoms with Crippen LogP contribution in [0.4, 0.5) is 5.69 Å². The van der Waals surface area contributed by atoms with Crippen LogP contribution in [-0.2, 0) is 10.0 Å². The molecule has 124 valence electrons. The third-order valence-corrected chi connectivity index (χ3v) is 4.42. The summed E-state index contributed by atoms with van der Waals surface area (Å²) >= 11 is 0. The molecule has 0 aliphatic carbocycles. The molecule has 3 aromatic rings. The molecule has 0 fully saturated rings. The van der Waals surface area contributed by atoms with Gasteiger partial charge in [-0.2, -0.15) is 13.4 Å². The van der Waals surface area contributed by atoms with Crippen molar-refractivity contribution in [2.45, 2.75) is 19.0 Å². The third-order valence-electron chi connectivity index (χ3n) is 3.30. The van der Waals surface area contributed by atoms with Gasteiger partial charge in [0.15, 0.2) is 0 Å². The Labute approximate surface area is 137 Å². The van der Waals surface area contributed by atoms with Crippen molar-refractivity contribution in [3.63, 3.8) is 0 Å². The number of sulfonamides is 1. The van der Waals surface area contributed by atoms with Crippen molar-refractivity contribution >= 4 is 27.5 Å². The van der Waals surface area contributed by atoms with E-state index in [0.29, 0.717) is 11.3 Å². The highest BCUT2D eigenvalue weighted by molar-refractivity contribution is 7.92. The largest absolute Gasteiger partial charge is 0.545 e. The first kappa shape index (κ1) is 15.9. The number of aromatic carboxylic acids is 1. The standard InChI is InChI=1S/C14H13N5O4S/c1-8-4-3-5-10(12(20)21)11(8)18-24(22,23)14-16-13-15-9(2)6-7-19(13)17-14/h3-7,18H,1-2H3,(H,20,21)/p-1. The predicted molar refractivity (Wildman–Crippen MR) is 81.8 cm³/mol. The van der Waals surface area contributed by atoms with E-state index in [9.17, 15) is 18.3 Å². The number of nitrogens with one attached hydrogen (secondary N) is 1. The Bertz CT molecular complexity index is 1060. The summed E-state index contributed by atoms with van der Waals surface area (Å²) in [6, 6.07) is 5.98. The first-order valence-corrected chi connectivity index (χ1v) is 8.30. The molecule has 0 bridgehead atoms. The maximum absolute atomic E-state index is 12.5. The highest BCUT2D eigenvalue weighted by Gasteiger charge is 2.23. The summed E-state index contributed by atoms with van der Waals surface area (Å²) in [4.78, 5) is 19.1. The molecule has 1 aromatic carbocycles. The van der Waals surface area contributed by atoms with E-state index in [-0.39, 0.29) is 17.0 Å². The number of hydrogen-bond acceptors (Lipinski definition) is 7. The molecule has 1 N–H and O–H groups in total. The molecule has 0 spiro atoms. The van der Waals surface area contributed by atoms with Gasteiger partial charge < -0.3 is 9.90 Å². The predicted octanol–water partition coefficient (Wildman–Crippen LogP) is -0.0946. The minimum absolute atomic E-state index is 0.0829. The average molecular weight is 346 g/mol. The zero-order valence-electron chi connectivity index (χ0n) is 12.7. The number of aromatic nitrogens is 4. The summed E-state index contributed by atoms with van der Waals surface area (Å²) in [5.74, 6) is -1.36. The van der Waals surface area contributed by atoms with Crippen LogP contribution in [0.5, 0.6) is 0 Å². The van der Waals surface area contributed by atoms with Gasteiger partial charge >= 0.3 is 0 Å². The second-order valence-electron chi connectivity index (χ2n) is 5.10. The van der Waals surface area contributed by atoms with Gasteiger partial charge in [-0.15, -0.1) is 5.10 Å². The van der Waals surface area contributed by atoms with Crippen LogP contribution >= 0.6 is 0 Å². The third kappa shape index (κ3) is 2.78. The van der Waals surface area contributed by atoms with Crippen molar-refractivity contribution in [3.05, 3.63) is 47.3 Å². The fraction of sp³-hybridized carbons (Fsp3) is 0.143. The first-order valence-electron chi connectivity index (χ1n) is 6.82. The van der Waals surface area contributed by atoms with Gasteiger partial charge in [-0.3, -0.25) is 4.72 Å². The minimum atomic E-state index is -4.19. The molecule has 3 rings (SSSR count). The van der Waals surface area contributed by atoms with Crippen LogP contribution in [0.1, 0.15) is 21.6 Å². The number of carbonyl (C=O) groups excluding carboxylic acids is 1. The van der Waals surface area contributed by atoms with Gasteiger partial charge in [0.1, 0.15) is 0 Å². The molecular weight excluding hydrogens is 334 g/mol. The maximum Gasteiger partial charge on any atom is 0.299 e. The van der Waals surface area contributed by atoms with E-state index >= 15 is 0 Å². The Kier molecular flexibility index (Phi) is 3.68. The monoisotopic (exact) mass is 346 g/mol. The summed E-state index contributed by atoms with van der Waals surface area (Å²) < 4.78 is 28.4. The molecule has 0 aliphatic rings. The Morgan fingerprint density at radius 2 is 1.96 bits per heavy atom. The maximum atomic E-state index is 12.5. The number of nitrogens with zero attached hydrogens (tertiary/aromatic N) is 4. The lowest BCUT2D eigenvalue weighted by Gasteiger charge is -2.14. The van der Waals surface area contributed by atoms with Crippen LogP contribution in [0, 0.1) is 13.8 Å². The lowest BCUT2D eigenvalue weighted by atomic mass is 10.1. The summed E-state index contributed by atoms with van der Waals surface area (Å²) in [6.07, 6.45) is 1.53. The molecule has 2 aromatic heterocycles. The summed E-state index contributed by atoms with van der Waals surface area (Å²) in [7, 11) is -4.19. The van der Waals surface area contributed by atoms with Gasteiger partial charge in [0.05, 0.1) is 11.7 Å². The number of aryl methyl sites for hydroxylation is 2. The van der Waals surface area contributed by atoms with Gasteiger partial charge in [0.25, 0.3) is 21.0 Å². The van der Waals surface area contributed by atoms with Crippen molar-refractivity contribution in [1.29, 1.82) is 0 Å². The fourth-order valence-electron chi connectivity index (χ4n) is 2.11. The number of carboxylic acid groups (broad SMARTS) is 1. The Hall–Kier alpha value is -3.01. The number of carboxylic acids is 1. The van der Waals surface area contributed by atoms with E-state index in [2.05, 4.69) is 19.8 Å². The van der Waals surface area contributed by atoms with E-state index in [1.165, 1.54) is 22.8 Å². The zero-order chi connectivity index (χ0) is 17.5. The molecular formula is C14H12N5O4S-. The quantitative estimate of drug-likeness (QED) is 0.698. The molecule has 0 aliphatic heterocycles. The van der Waals surface area contributed by atoms with Crippen LogP contribution in [0.15, 0.2) is 35.6 Å². The molecule has 0 unspecified atom stereocenters. The van der Waals surface area contributed by atoms with E-state index < -0.39 is 21.1 Å². The summed E-state index contributed by atoms with van der Waals surface area (Å²) in [5.41, 5.74) is 0.736. The molecule has 10 heteroatoms. The number of anilines is 1. The van der Waals surface area contributed by atoms with Gasteiger partial charge in [-0.25, -0.2) is 9.50 Å². The fourth-order valence-corrected chi connectivity index (χ4v) is 3.14. The Morgan fingerprint density at radius 3 is 2.67 bits per heavy atom. The smallest absolute Gasteiger partial charge is 0.299 e. The summed E-state index contributed by atoms with van der Waals surface area (Å²) in [6.45, 7) is 3.31. The molecule has 0 amide bonds. The molecule has 2 heterocycles. The highest BCUT2D eigenvalue weighted by Crippen LogP contribution is 2.23. The van der Waals surface area contributed by atoms with E-state index in [1.807, 2.05) is 0 Å². The van der Waals surface area contributed by atoms with Crippen LogP contribution in [-0.4, -0.2) is 34.0 Å². The van der Waals surface area contributed by atoms with Crippen molar-refractivity contribution < 1.29 is 18.3 Å². The molecule has 0 saturated heterocycles. The van der Waals surface area contributed by atoms with Gasteiger partial charge in [-0.1, -0.05) is 18.2 Å². The second-order valence-corrected chi connectivity index (χ2v) is 6.67. The van der Waals surface area contributed by atoms with Gasteiger partial charge in [0.2, 0.25) is 0 Å². The van der Waals surface area contributed by atoms with Crippen LogP contribution in [0.2, 0.25) is 0 Å². The van der Waals surface area contributed by atoms with Crippen molar-refractivity contribution in [2.24, 2.45) is 0 Å². The average Bonchev–Trinajstić information content (AvgIpc) is 2.92. The summed E-state index contributed by atoms with van der Waals surface area (Å²) in [5, 5.41) is 14.5. The van der Waals surface area contributed by atoms with Crippen LogP contribution in [0.25, 0.3) is 5.78 Å². The number of hydrogen-bond donors (Lipinski definition) is 1. The number of fused-ring (bicyclic) bond motifs is 1. The number of benzene rings is 1. The topological polar surface area (TPSA) is 129 Å². The highest BCUT2D eigenvalue weighted by atomic mass is 32.2. The van der Waals surface area contributed by atoms with Crippen LogP contribution in [0.3, 0.4) is 0 Å². The van der Waals surface area contributed by atoms with E-state index in [4.69, 9.17) is 0 Å². The normalized spacial score (nSPS) is 11.6. The number of rotatable bonds is 4. The molecule has 0 saturated carbocycles. The molecule has 0 radical (unpaired) electrons. The molecule has 24 heavy (non-hydrogen) atoms. The molecule has 9 nitrogen and oxygen atoms in total. The first-order chi connectivity index (χ1) is 11.3. The second kappa shape index (κ2) is 5.57. The zero-order valence-corrected chi connectivity index (χ0v) is 13.5. The Balaban J connectivity index is 2.07. The van der Waals surface area contributed by atoms with E-state index in [1.54, 1.807) is 26.0 Å². The van der Waals surface area contributed by atoms with Gasteiger partial charge in [-0.05, 0) is 25.5 Å². The molecule has 0 atom stereocenters. The van der Waals surface area contributed by atoms with Crippen molar-refractivity contribution in [1.82, 2.24) is 19.6 Å². The lowest BCUT2D eigenvalue weighted by Crippen LogP contribution is -2.25. The van der Waals surface area contributed by atoms with Crippen LogP contribution < -0.4 is 9.83 Å². The van der Waals surface area contributed by atoms with Crippen molar-refractivity contribution in [2.75, 3.05) is 4.72 Å². The SMILES string of the molecule is Cc1ccn2nc(S(=O)(=O)Nc3c(C)cccc3C(=O)[O-])nc2n1. The number of carbonyl (C=O) groups is 1.